The van der Waals surface area contributed by atoms with E-state index >= 15 is 0 Å². The summed E-state index contributed by atoms with van der Waals surface area (Å²) in [5, 5.41) is 3.27. The zero-order valence-corrected chi connectivity index (χ0v) is 6.42. The molecule has 0 saturated heterocycles. The molecule has 1 heterocycles. The van der Waals surface area contributed by atoms with Gasteiger partial charge in [-0.15, -0.1) is 0 Å². The van der Waals surface area contributed by atoms with Gasteiger partial charge in [-0.05, 0) is 19.9 Å². The van der Waals surface area contributed by atoms with E-state index in [0.717, 1.165) is 12.1 Å². The van der Waals surface area contributed by atoms with Gasteiger partial charge in [-0.3, -0.25) is 0 Å². The third kappa shape index (κ3) is 2.13. The van der Waals surface area contributed by atoms with Gasteiger partial charge in [-0.25, -0.2) is 0 Å². The van der Waals surface area contributed by atoms with Crippen LogP contribution in [0.2, 0.25) is 0 Å². The Morgan fingerprint density at radius 3 is 2.90 bits per heavy atom. The van der Waals surface area contributed by atoms with Crippen LogP contribution in [0.4, 0.5) is 0 Å². The fourth-order valence-electron chi connectivity index (χ4n) is 0.864. The average Bonchev–Trinajstić information content (AvgIpc) is 1.88. The van der Waals surface area contributed by atoms with Gasteiger partial charge in [0.25, 0.3) is 0 Å². The van der Waals surface area contributed by atoms with Crippen molar-refractivity contribution in [2.24, 2.45) is 0 Å². The molecule has 1 rings (SSSR count). The maximum absolute atomic E-state index is 4.98. The summed E-state index contributed by atoms with van der Waals surface area (Å²) in [4.78, 5) is 0. The Kier molecular flexibility index (Phi) is 2.37. The lowest BCUT2D eigenvalue weighted by molar-refractivity contribution is 0.379. The minimum atomic E-state index is 0.487. The topological polar surface area (TPSA) is 21.3 Å². The van der Waals surface area contributed by atoms with Gasteiger partial charge in [0.15, 0.2) is 0 Å². The second-order valence-corrected chi connectivity index (χ2v) is 2.65. The molecule has 0 spiro atoms. The summed E-state index contributed by atoms with van der Waals surface area (Å²) in [6.45, 7) is 4.22. The van der Waals surface area contributed by atoms with E-state index < -0.39 is 0 Å². The molecule has 0 aromatic rings. The van der Waals surface area contributed by atoms with Gasteiger partial charge in [0.05, 0.1) is 12.0 Å². The highest BCUT2D eigenvalue weighted by molar-refractivity contribution is 5.06. The van der Waals surface area contributed by atoms with E-state index in [-0.39, 0.29) is 0 Å². The molecule has 0 aromatic heterocycles. The standard InChI is InChI=1S/C8H13NO/c1-7(2)9-8-4-3-5-10-6-8/h3,5-7,9H,4H2,1-2H3. The summed E-state index contributed by atoms with van der Waals surface area (Å²) in [7, 11) is 0. The summed E-state index contributed by atoms with van der Waals surface area (Å²) < 4.78 is 4.98. The van der Waals surface area contributed by atoms with Crippen molar-refractivity contribution in [2.75, 3.05) is 0 Å². The molecular formula is C8H13NO. The van der Waals surface area contributed by atoms with Crippen molar-refractivity contribution in [3.8, 4) is 0 Å². The first-order chi connectivity index (χ1) is 4.79. The summed E-state index contributed by atoms with van der Waals surface area (Å²) in [5.74, 6) is 0. The van der Waals surface area contributed by atoms with Crippen molar-refractivity contribution in [2.45, 2.75) is 26.3 Å². The zero-order valence-electron chi connectivity index (χ0n) is 6.42. The smallest absolute Gasteiger partial charge is 0.109 e. The number of hydrogen-bond donors (Lipinski definition) is 1. The van der Waals surface area contributed by atoms with Crippen LogP contribution in [0, 0.1) is 0 Å². The fourth-order valence-corrected chi connectivity index (χ4v) is 0.864. The third-order valence-electron chi connectivity index (χ3n) is 1.20. The van der Waals surface area contributed by atoms with Crippen molar-refractivity contribution in [3.05, 3.63) is 24.3 Å². The van der Waals surface area contributed by atoms with Crippen molar-refractivity contribution in [1.29, 1.82) is 0 Å². The highest BCUT2D eigenvalue weighted by Gasteiger charge is 1.99. The van der Waals surface area contributed by atoms with Crippen molar-refractivity contribution >= 4 is 0 Å². The molecule has 0 amide bonds. The second-order valence-electron chi connectivity index (χ2n) is 2.65. The van der Waals surface area contributed by atoms with E-state index in [4.69, 9.17) is 4.74 Å². The zero-order chi connectivity index (χ0) is 7.40. The molecule has 1 aliphatic rings. The van der Waals surface area contributed by atoms with Crippen LogP contribution in [0.25, 0.3) is 0 Å². The Balaban J connectivity index is 2.34. The summed E-state index contributed by atoms with van der Waals surface area (Å²) in [6, 6.07) is 0.487. The van der Waals surface area contributed by atoms with Crippen molar-refractivity contribution < 1.29 is 4.74 Å². The first-order valence-corrected chi connectivity index (χ1v) is 3.55. The molecule has 0 fully saturated rings. The van der Waals surface area contributed by atoms with Crippen LogP contribution in [0.3, 0.4) is 0 Å². The molecule has 2 heteroatoms. The van der Waals surface area contributed by atoms with E-state index in [9.17, 15) is 0 Å². The normalized spacial score (nSPS) is 16.5. The number of rotatable bonds is 2. The molecule has 0 radical (unpaired) electrons. The minimum absolute atomic E-state index is 0.487. The predicted molar refractivity (Wildman–Crippen MR) is 41.2 cm³/mol. The quantitative estimate of drug-likeness (QED) is 0.629. The number of nitrogens with one attached hydrogen (secondary N) is 1. The molecular weight excluding hydrogens is 126 g/mol. The SMILES string of the molecule is CC(C)NC1=COC=CC1. The second kappa shape index (κ2) is 3.30. The lowest BCUT2D eigenvalue weighted by Crippen LogP contribution is -2.22. The molecule has 1 N–H and O–H groups in total. The van der Waals surface area contributed by atoms with Crippen LogP contribution in [0.1, 0.15) is 20.3 Å². The van der Waals surface area contributed by atoms with Crippen LogP contribution < -0.4 is 5.32 Å². The van der Waals surface area contributed by atoms with Crippen LogP contribution in [0.5, 0.6) is 0 Å². The Hall–Kier alpha value is -0.920. The van der Waals surface area contributed by atoms with Crippen LogP contribution in [0.15, 0.2) is 24.3 Å². The Labute approximate surface area is 61.6 Å². The largest absolute Gasteiger partial charge is 0.471 e. The van der Waals surface area contributed by atoms with Crippen LogP contribution in [-0.2, 0) is 4.74 Å². The molecule has 0 aliphatic carbocycles. The number of hydrogen-bond acceptors (Lipinski definition) is 2. The minimum Gasteiger partial charge on any atom is -0.471 e. The monoisotopic (exact) mass is 139 g/mol. The number of ether oxygens (including phenoxy) is 1. The molecule has 0 saturated carbocycles. The first-order valence-electron chi connectivity index (χ1n) is 3.55. The molecule has 0 unspecified atom stereocenters. The van der Waals surface area contributed by atoms with Crippen LogP contribution >= 0.6 is 0 Å². The summed E-state index contributed by atoms with van der Waals surface area (Å²) in [5.41, 5.74) is 1.15. The van der Waals surface area contributed by atoms with Gasteiger partial charge < -0.3 is 10.1 Å². The maximum Gasteiger partial charge on any atom is 0.109 e. The first kappa shape index (κ1) is 7.19. The Morgan fingerprint density at radius 2 is 2.40 bits per heavy atom. The molecule has 0 aromatic carbocycles. The molecule has 1 aliphatic heterocycles. The van der Waals surface area contributed by atoms with Gasteiger partial charge in [0, 0.05) is 12.5 Å². The lowest BCUT2D eigenvalue weighted by atomic mass is 10.2. The highest BCUT2D eigenvalue weighted by atomic mass is 16.5. The van der Waals surface area contributed by atoms with Crippen molar-refractivity contribution in [3.63, 3.8) is 0 Å². The van der Waals surface area contributed by atoms with E-state index in [0.29, 0.717) is 6.04 Å². The molecule has 0 bridgehead atoms. The summed E-state index contributed by atoms with van der Waals surface area (Å²) >= 11 is 0. The average molecular weight is 139 g/mol. The van der Waals surface area contributed by atoms with Gasteiger partial charge in [-0.2, -0.15) is 0 Å². The molecule has 2 nitrogen and oxygen atoms in total. The summed E-state index contributed by atoms with van der Waals surface area (Å²) in [6.07, 6.45) is 6.40. The van der Waals surface area contributed by atoms with Gasteiger partial charge in [0.2, 0.25) is 0 Å². The Morgan fingerprint density at radius 1 is 1.60 bits per heavy atom. The van der Waals surface area contributed by atoms with E-state index in [1.165, 1.54) is 0 Å². The molecule has 56 valence electrons. The van der Waals surface area contributed by atoms with E-state index in [1.807, 2.05) is 6.08 Å². The van der Waals surface area contributed by atoms with E-state index in [2.05, 4.69) is 19.2 Å². The van der Waals surface area contributed by atoms with Gasteiger partial charge in [0.1, 0.15) is 6.26 Å². The molecule has 10 heavy (non-hydrogen) atoms. The third-order valence-corrected chi connectivity index (χ3v) is 1.20. The predicted octanol–water partition coefficient (Wildman–Crippen LogP) is 1.76. The van der Waals surface area contributed by atoms with Gasteiger partial charge >= 0.3 is 0 Å². The van der Waals surface area contributed by atoms with Crippen molar-refractivity contribution in [1.82, 2.24) is 5.32 Å². The van der Waals surface area contributed by atoms with Gasteiger partial charge in [-0.1, -0.05) is 0 Å². The Bertz CT molecular complexity index is 159. The fraction of sp³-hybridized carbons (Fsp3) is 0.500. The number of allylic oxidation sites excluding steroid dienone is 1. The molecule has 0 atom stereocenters. The van der Waals surface area contributed by atoms with E-state index in [1.54, 1.807) is 12.5 Å². The maximum atomic E-state index is 4.98. The highest BCUT2D eigenvalue weighted by Crippen LogP contribution is 2.05. The lowest BCUT2D eigenvalue weighted by Gasteiger charge is -2.13. The van der Waals surface area contributed by atoms with Crippen LogP contribution in [-0.4, -0.2) is 6.04 Å².